The fourth-order valence-corrected chi connectivity index (χ4v) is 4.29. The number of amides is 1. The van der Waals surface area contributed by atoms with E-state index in [1.807, 2.05) is 48.5 Å². The molecule has 2 aliphatic rings. The van der Waals surface area contributed by atoms with Gasteiger partial charge in [0.15, 0.2) is 5.78 Å². The van der Waals surface area contributed by atoms with E-state index >= 15 is 0 Å². The molecule has 0 spiro atoms. The zero-order valence-electron chi connectivity index (χ0n) is 16.0. The number of rotatable bonds is 4. The van der Waals surface area contributed by atoms with Gasteiger partial charge in [-0.25, -0.2) is 0 Å². The van der Waals surface area contributed by atoms with Crippen LogP contribution in [0.25, 0.3) is 0 Å². The summed E-state index contributed by atoms with van der Waals surface area (Å²) >= 11 is 0. The highest BCUT2D eigenvalue weighted by atomic mass is 16.5. The first-order chi connectivity index (χ1) is 13.6. The predicted octanol–water partition coefficient (Wildman–Crippen LogP) is 3.71. The maximum absolute atomic E-state index is 13.2. The Bertz CT molecular complexity index is 945. The predicted molar refractivity (Wildman–Crippen MR) is 105 cm³/mol. The molecule has 0 bridgehead atoms. The molecule has 1 N–H and O–H groups in total. The Kier molecular flexibility index (Phi) is 4.90. The molecule has 0 fully saturated rings. The molecule has 2 atom stereocenters. The van der Waals surface area contributed by atoms with Crippen molar-refractivity contribution in [3.63, 3.8) is 0 Å². The van der Waals surface area contributed by atoms with Crippen LogP contribution in [0.3, 0.4) is 0 Å². The number of Topliss-reactive ketones (excluding diaryl/α,β-unsaturated/α-hetero) is 1. The lowest BCUT2D eigenvalue weighted by atomic mass is 9.73. The van der Waals surface area contributed by atoms with Crippen LogP contribution >= 0.6 is 0 Å². The van der Waals surface area contributed by atoms with Gasteiger partial charge in [-0.3, -0.25) is 9.59 Å². The van der Waals surface area contributed by atoms with Gasteiger partial charge in [-0.2, -0.15) is 0 Å². The quantitative estimate of drug-likeness (QED) is 0.882. The molecule has 0 saturated heterocycles. The molecule has 0 aromatic heterocycles. The number of para-hydroxylation sites is 1. The highest BCUT2D eigenvalue weighted by Gasteiger charge is 2.39. The van der Waals surface area contributed by atoms with E-state index < -0.39 is 0 Å². The van der Waals surface area contributed by atoms with E-state index in [4.69, 9.17) is 9.47 Å². The minimum Gasteiger partial charge on any atom is -0.497 e. The number of allylic oxidation sites excluding steroid dienone is 2. The zero-order chi connectivity index (χ0) is 19.7. The van der Waals surface area contributed by atoms with Crippen LogP contribution in [0.5, 0.6) is 11.5 Å². The molecule has 5 heteroatoms. The summed E-state index contributed by atoms with van der Waals surface area (Å²) < 4.78 is 10.7. The molecule has 2 aromatic carbocycles. The number of benzene rings is 2. The van der Waals surface area contributed by atoms with Crippen molar-refractivity contribution in [2.24, 2.45) is 0 Å². The molecule has 1 amide bonds. The highest BCUT2D eigenvalue weighted by Crippen LogP contribution is 2.44. The van der Waals surface area contributed by atoms with Crippen molar-refractivity contribution in [2.75, 3.05) is 14.2 Å². The second-order valence-corrected chi connectivity index (χ2v) is 7.24. The summed E-state index contributed by atoms with van der Waals surface area (Å²) in [7, 11) is 3.24. The smallest absolute Gasteiger partial charge is 0.225 e. The summed E-state index contributed by atoms with van der Waals surface area (Å²) in [6.07, 6.45) is 1.34. The SMILES string of the molecule is COc1ccc([C@H]2CC(=O)C3=C(C2)NC(=O)C[C@H]3c2ccccc2OC)cc1. The second kappa shape index (κ2) is 7.50. The van der Waals surface area contributed by atoms with Crippen molar-refractivity contribution in [1.82, 2.24) is 5.32 Å². The molecule has 28 heavy (non-hydrogen) atoms. The van der Waals surface area contributed by atoms with Crippen LogP contribution in [0, 0.1) is 0 Å². The molecular formula is C23H23NO4. The minimum atomic E-state index is -0.260. The van der Waals surface area contributed by atoms with Gasteiger partial charge in [0.1, 0.15) is 11.5 Å². The van der Waals surface area contributed by atoms with Gasteiger partial charge < -0.3 is 14.8 Å². The lowest BCUT2D eigenvalue weighted by Crippen LogP contribution is -2.38. The highest BCUT2D eigenvalue weighted by molar-refractivity contribution is 6.02. The average Bonchev–Trinajstić information content (AvgIpc) is 2.72. The molecule has 0 unspecified atom stereocenters. The number of ketones is 1. The van der Waals surface area contributed by atoms with Gasteiger partial charge >= 0.3 is 0 Å². The van der Waals surface area contributed by atoms with Gasteiger partial charge in [-0.1, -0.05) is 30.3 Å². The van der Waals surface area contributed by atoms with Gasteiger partial charge in [-0.15, -0.1) is 0 Å². The van der Waals surface area contributed by atoms with E-state index in [1.165, 1.54) is 0 Å². The molecule has 0 saturated carbocycles. The largest absolute Gasteiger partial charge is 0.497 e. The topological polar surface area (TPSA) is 64.6 Å². The Hall–Kier alpha value is -3.08. The minimum absolute atomic E-state index is 0.0499. The maximum Gasteiger partial charge on any atom is 0.225 e. The van der Waals surface area contributed by atoms with Gasteiger partial charge in [0.25, 0.3) is 0 Å². The summed E-state index contributed by atoms with van der Waals surface area (Å²) in [6, 6.07) is 15.4. The van der Waals surface area contributed by atoms with Gasteiger partial charge in [0, 0.05) is 35.6 Å². The Morgan fingerprint density at radius 2 is 1.64 bits per heavy atom. The number of hydrogen-bond acceptors (Lipinski definition) is 4. The summed E-state index contributed by atoms with van der Waals surface area (Å²) in [5, 5.41) is 2.96. The summed E-state index contributed by atoms with van der Waals surface area (Å²) in [4.78, 5) is 25.6. The van der Waals surface area contributed by atoms with Crippen molar-refractivity contribution in [2.45, 2.75) is 31.1 Å². The van der Waals surface area contributed by atoms with Gasteiger partial charge in [0.2, 0.25) is 5.91 Å². The van der Waals surface area contributed by atoms with Crippen LogP contribution in [-0.2, 0) is 9.59 Å². The molecule has 1 heterocycles. The molecule has 4 rings (SSSR count). The van der Waals surface area contributed by atoms with E-state index in [2.05, 4.69) is 5.32 Å². The molecule has 0 radical (unpaired) electrons. The average molecular weight is 377 g/mol. The monoisotopic (exact) mass is 377 g/mol. The Morgan fingerprint density at radius 1 is 0.893 bits per heavy atom. The summed E-state index contributed by atoms with van der Waals surface area (Å²) in [5.74, 6) is 1.32. The molecule has 1 aliphatic carbocycles. The van der Waals surface area contributed by atoms with E-state index in [-0.39, 0.29) is 29.9 Å². The molecule has 144 valence electrons. The van der Waals surface area contributed by atoms with Crippen molar-refractivity contribution >= 4 is 11.7 Å². The van der Waals surface area contributed by atoms with Crippen molar-refractivity contribution in [3.05, 3.63) is 70.9 Å². The van der Waals surface area contributed by atoms with Crippen LogP contribution in [0.4, 0.5) is 0 Å². The first kappa shape index (κ1) is 18.3. The second-order valence-electron chi connectivity index (χ2n) is 7.24. The van der Waals surface area contributed by atoms with E-state index in [9.17, 15) is 9.59 Å². The van der Waals surface area contributed by atoms with Crippen molar-refractivity contribution < 1.29 is 19.1 Å². The van der Waals surface area contributed by atoms with Crippen molar-refractivity contribution in [3.8, 4) is 11.5 Å². The van der Waals surface area contributed by atoms with E-state index in [0.717, 1.165) is 28.1 Å². The van der Waals surface area contributed by atoms with Crippen LogP contribution in [-0.4, -0.2) is 25.9 Å². The Labute approximate surface area is 164 Å². The fraction of sp³-hybridized carbons (Fsp3) is 0.304. The first-order valence-electron chi connectivity index (χ1n) is 9.43. The summed E-state index contributed by atoms with van der Waals surface area (Å²) in [5.41, 5.74) is 3.45. The number of carbonyl (C=O) groups is 2. The fourth-order valence-electron chi connectivity index (χ4n) is 4.29. The Morgan fingerprint density at radius 3 is 2.36 bits per heavy atom. The number of nitrogens with one attached hydrogen (secondary N) is 1. The van der Waals surface area contributed by atoms with E-state index in [1.54, 1.807) is 14.2 Å². The summed E-state index contributed by atoms with van der Waals surface area (Å²) in [6.45, 7) is 0. The lowest BCUT2D eigenvalue weighted by Gasteiger charge is -2.35. The zero-order valence-corrected chi connectivity index (χ0v) is 16.0. The van der Waals surface area contributed by atoms with E-state index in [0.29, 0.717) is 18.6 Å². The van der Waals surface area contributed by atoms with Gasteiger partial charge in [0.05, 0.1) is 14.2 Å². The first-order valence-corrected chi connectivity index (χ1v) is 9.43. The maximum atomic E-state index is 13.2. The normalized spacial score (nSPS) is 21.8. The van der Waals surface area contributed by atoms with Crippen molar-refractivity contribution in [1.29, 1.82) is 0 Å². The third-order valence-electron chi connectivity index (χ3n) is 5.64. The molecule has 1 aliphatic heterocycles. The van der Waals surface area contributed by atoms with Crippen LogP contribution in [0.15, 0.2) is 59.8 Å². The standard InChI is InChI=1S/C23H23NO4/c1-27-16-9-7-14(8-10-16)15-11-19-23(20(25)12-15)18(13-22(26)24-19)17-5-3-4-6-21(17)28-2/h3-10,15,18H,11-13H2,1-2H3,(H,24,26)/t15-,18+/m1/s1. The lowest BCUT2D eigenvalue weighted by molar-refractivity contribution is -0.122. The van der Waals surface area contributed by atoms with Crippen LogP contribution < -0.4 is 14.8 Å². The third-order valence-corrected chi connectivity index (χ3v) is 5.64. The molecule has 5 nitrogen and oxygen atoms in total. The Balaban J connectivity index is 1.70. The number of ether oxygens (including phenoxy) is 2. The number of hydrogen-bond donors (Lipinski definition) is 1. The van der Waals surface area contributed by atoms with Crippen LogP contribution in [0.2, 0.25) is 0 Å². The molecule has 2 aromatic rings. The number of carbonyl (C=O) groups excluding carboxylic acids is 2. The molecular weight excluding hydrogens is 354 g/mol. The number of methoxy groups -OCH3 is 2. The van der Waals surface area contributed by atoms with Crippen LogP contribution in [0.1, 0.15) is 42.2 Å². The third kappa shape index (κ3) is 3.28. The van der Waals surface area contributed by atoms with Gasteiger partial charge in [-0.05, 0) is 36.1 Å².